The van der Waals surface area contributed by atoms with Gasteiger partial charge in [-0.3, -0.25) is 0 Å². The molecule has 0 aliphatic heterocycles. The Morgan fingerprint density at radius 1 is 1.36 bits per heavy atom. The molecule has 0 saturated heterocycles. The molecule has 1 atom stereocenters. The third-order valence-corrected chi connectivity index (χ3v) is 3.41. The summed E-state index contributed by atoms with van der Waals surface area (Å²) >= 11 is 0. The quantitative estimate of drug-likeness (QED) is 0.752. The maximum atomic E-state index is 12.7. The number of rotatable bonds is 2. The second kappa shape index (κ2) is 4.04. The van der Waals surface area contributed by atoms with Gasteiger partial charge in [0.15, 0.2) is 11.6 Å². The Morgan fingerprint density at radius 3 is 2.50 bits per heavy atom. The number of halogens is 2. The maximum absolute atomic E-state index is 12.7. The third-order valence-electron chi connectivity index (χ3n) is 1.74. The van der Waals surface area contributed by atoms with Crippen LogP contribution in [0.5, 0.6) is 0 Å². The van der Waals surface area contributed by atoms with Crippen LogP contribution in [0.3, 0.4) is 0 Å². The van der Waals surface area contributed by atoms with Crippen molar-refractivity contribution in [3.8, 4) is 0 Å². The predicted octanol–water partition coefficient (Wildman–Crippen LogP) is 2.71. The molecule has 0 heterocycles. The number of nitrogens with zero attached hydrogens (tertiary/aromatic N) is 1. The zero-order valence-electron chi connectivity index (χ0n) is 7.96. The highest BCUT2D eigenvalue weighted by Crippen LogP contribution is 2.17. The Hall–Kier alpha value is -0.970. The van der Waals surface area contributed by atoms with Gasteiger partial charge in [0.25, 0.3) is 0 Å². The highest BCUT2D eigenvalue weighted by Gasteiger charge is 2.03. The molecule has 0 bridgehead atoms. The van der Waals surface area contributed by atoms with Crippen LogP contribution in [0.25, 0.3) is 0 Å². The minimum atomic E-state index is -2.32. The summed E-state index contributed by atoms with van der Waals surface area (Å²) < 4.78 is 40.6. The summed E-state index contributed by atoms with van der Waals surface area (Å²) in [6.07, 6.45) is 1.48. The Morgan fingerprint density at radius 2 is 2.00 bits per heavy atom. The van der Waals surface area contributed by atoms with E-state index in [0.717, 1.165) is 12.1 Å². The summed E-state index contributed by atoms with van der Waals surface area (Å²) in [6, 6.07) is 3.21. The minimum absolute atomic E-state index is 0.207. The zero-order chi connectivity index (χ0) is 10.8. The summed E-state index contributed by atoms with van der Waals surface area (Å²) in [5.41, 5.74) is 0.207. The summed E-state index contributed by atoms with van der Waals surface area (Å²) in [6.45, 7) is 1.73. The normalized spacial score (nSPS) is 14.9. The topological polar surface area (TPSA) is 29.4 Å². The van der Waals surface area contributed by atoms with Crippen molar-refractivity contribution in [3.05, 3.63) is 29.8 Å². The lowest BCUT2D eigenvalue weighted by molar-refractivity contribution is 0.509. The van der Waals surface area contributed by atoms with Gasteiger partial charge in [0.05, 0.1) is 5.69 Å². The van der Waals surface area contributed by atoms with Gasteiger partial charge in [-0.15, -0.1) is 0 Å². The lowest BCUT2D eigenvalue weighted by atomic mass is 10.3. The van der Waals surface area contributed by atoms with Crippen LogP contribution in [0.1, 0.15) is 6.92 Å². The third kappa shape index (κ3) is 2.77. The van der Waals surface area contributed by atoms with E-state index in [2.05, 4.69) is 4.36 Å². The highest BCUT2D eigenvalue weighted by molar-refractivity contribution is 7.93. The first kappa shape index (κ1) is 11.1. The average molecular weight is 219 g/mol. The van der Waals surface area contributed by atoms with Crippen molar-refractivity contribution in [3.63, 3.8) is 0 Å². The van der Waals surface area contributed by atoms with E-state index in [-0.39, 0.29) is 5.69 Å². The lowest BCUT2D eigenvalue weighted by Crippen LogP contribution is -1.97. The Bertz CT molecular complexity index is 450. The second-order valence-corrected chi connectivity index (χ2v) is 5.62. The van der Waals surface area contributed by atoms with E-state index in [9.17, 15) is 13.0 Å². The number of benzene rings is 1. The zero-order valence-corrected chi connectivity index (χ0v) is 8.78. The molecule has 5 heteroatoms. The molecule has 0 fully saturated rings. The maximum Gasteiger partial charge on any atom is 0.160 e. The fraction of sp³-hybridized carbons (Fsp3) is 0.333. The smallest absolute Gasteiger partial charge is 0.160 e. The first-order valence-corrected chi connectivity index (χ1v) is 6.19. The lowest BCUT2D eigenvalue weighted by Gasteiger charge is -2.00. The average Bonchev–Trinajstić information content (AvgIpc) is 2.11. The molecule has 78 valence electrons. The first-order chi connectivity index (χ1) is 6.44. The molecular weight excluding hydrogens is 208 g/mol. The van der Waals surface area contributed by atoms with Crippen molar-refractivity contribution in [1.29, 1.82) is 0 Å². The van der Waals surface area contributed by atoms with E-state index in [0.29, 0.717) is 5.75 Å². The van der Waals surface area contributed by atoms with E-state index < -0.39 is 21.4 Å². The van der Waals surface area contributed by atoms with E-state index in [1.54, 1.807) is 6.92 Å². The van der Waals surface area contributed by atoms with Crippen LogP contribution in [-0.2, 0) is 9.73 Å². The Kier molecular flexibility index (Phi) is 3.21. The number of hydrogen-bond donors (Lipinski definition) is 0. The van der Waals surface area contributed by atoms with Crippen molar-refractivity contribution < 1.29 is 13.0 Å². The van der Waals surface area contributed by atoms with E-state index in [1.165, 1.54) is 12.3 Å². The molecule has 1 aromatic carbocycles. The molecule has 0 spiro atoms. The molecule has 1 aromatic rings. The molecule has 0 N–H and O–H groups in total. The molecular formula is C9H11F2NOS. The molecule has 0 radical (unpaired) electrons. The first-order valence-electron chi connectivity index (χ1n) is 4.09. The summed E-state index contributed by atoms with van der Waals surface area (Å²) in [7, 11) is -2.32. The van der Waals surface area contributed by atoms with E-state index in [1.807, 2.05) is 0 Å². The van der Waals surface area contributed by atoms with Crippen molar-refractivity contribution in [2.45, 2.75) is 6.92 Å². The summed E-state index contributed by atoms with van der Waals surface area (Å²) in [5.74, 6) is -1.52. The largest absolute Gasteiger partial charge is 0.250 e. The van der Waals surface area contributed by atoms with Crippen molar-refractivity contribution in [2.75, 3.05) is 12.0 Å². The second-order valence-electron chi connectivity index (χ2n) is 2.94. The van der Waals surface area contributed by atoms with Crippen LogP contribution >= 0.6 is 0 Å². The van der Waals surface area contributed by atoms with E-state index >= 15 is 0 Å². The Balaban J connectivity index is 3.18. The van der Waals surface area contributed by atoms with Crippen LogP contribution in [0.2, 0.25) is 0 Å². The van der Waals surface area contributed by atoms with Crippen LogP contribution < -0.4 is 0 Å². The molecule has 0 aromatic heterocycles. The van der Waals surface area contributed by atoms with Crippen LogP contribution in [0, 0.1) is 11.6 Å². The molecule has 14 heavy (non-hydrogen) atoms. The molecule has 0 amide bonds. The molecule has 2 nitrogen and oxygen atoms in total. The molecule has 1 unspecified atom stereocenters. The van der Waals surface area contributed by atoms with Crippen molar-refractivity contribution >= 4 is 15.4 Å². The standard InChI is InChI=1S/C9H11F2NOS/c1-3-14(2,13)12-7-4-5-8(10)9(11)6-7/h4-6H,3H2,1-2H3. The van der Waals surface area contributed by atoms with Crippen LogP contribution in [0.15, 0.2) is 22.6 Å². The summed E-state index contributed by atoms with van der Waals surface area (Å²) in [4.78, 5) is 0. The predicted molar refractivity (Wildman–Crippen MR) is 53.1 cm³/mol. The number of hydrogen-bond acceptors (Lipinski definition) is 2. The van der Waals surface area contributed by atoms with Gasteiger partial charge in [0.2, 0.25) is 0 Å². The highest BCUT2D eigenvalue weighted by atomic mass is 32.2. The molecule has 0 saturated carbocycles. The molecule has 0 aliphatic rings. The Labute approximate surface area is 82.1 Å². The van der Waals surface area contributed by atoms with Crippen molar-refractivity contribution in [1.82, 2.24) is 0 Å². The van der Waals surface area contributed by atoms with Gasteiger partial charge < -0.3 is 0 Å². The van der Waals surface area contributed by atoms with Gasteiger partial charge >= 0.3 is 0 Å². The van der Waals surface area contributed by atoms with Crippen LogP contribution in [0.4, 0.5) is 14.5 Å². The SMILES string of the molecule is CCS(C)(=O)=Nc1ccc(F)c(F)c1. The monoisotopic (exact) mass is 219 g/mol. The van der Waals surface area contributed by atoms with Gasteiger partial charge in [-0.05, 0) is 12.1 Å². The molecule has 0 aliphatic carbocycles. The summed E-state index contributed by atoms with van der Waals surface area (Å²) in [5, 5.41) is 0. The van der Waals surface area contributed by atoms with Crippen LogP contribution in [-0.4, -0.2) is 16.2 Å². The van der Waals surface area contributed by atoms with Gasteiger partial charge in [0, 0.05) is 27.8 Å². The van der Waals surface area contributed by atoms with Gasteiger partial charge in [-0.25, -0.2) is 13.0 Å². The fourth-order valence-corrected chi connectivity index (χ4v) is 1.52. The van der Waals surface area contributed by atoms with Gasteiger partial charge in [0.1, 0.15) is 0 Å². The minimum Gasteiger partial charge on any atom is -0.250 e. The molecule has 1 rings (SSSR count). The van der Waals surface area contributed by atoms with Crippen molar-refractivity contribution in [2.24, 2.45) is 4.36 Å². The van der Waals surface area contributed by atoms with Gasteiger partial charge in [-0.2, -0.15) is 4.36 Å². The fourth-order valence-electron chi connectivity index (χ4n) is 0.829. The van der Waals surface area contributed by atoms with Gasteiger partial charge in [-0.1, -0.05) is 6.92 Å². The van der Waals surface area contributed by atoms with E-state index in [4.69, 9.17) is 0 Å².